The van der Waals surface area contributed by atoms with E-state index in [1.807, 2.05) is 24.3 Å². The van der Waals surface area contributed by atoms with Gasteiger partial charge in [-0.15, -0.1) is 10.2 Å². The number of carbonyl (C=O) groups excluding carboxylic acids is 1. The molecule has 4 rings (SSSR count). The van der Waals surface area contributed by atoms with Crippen molar-refractivity contribution in [2.45, 2.75) is 56.2 Å². The number of thioether (sulfide) groups is 1. The molecule has 1 aliphatic rings. The summed E-state index contributed by atoms with van der Waals surface area (Å²) < 4.78 is 11.8. The van der Waals surface area contributed by atoms with Crippen LogP contribution in [-0.2, 0) is 28.2 Å². The van der Waals surface area contributed by atoms with Gasteiger partial charge in [0, 0.05) is 42.8 Å². The van der Waals surface area contributed by atoms with Gasteiger partial charge in [0.25, 0.3) is 0 Å². The van der Waals surface area contributed by atoms with Crippen LogP contribution in [0.1, 0.15) is 49.4 Å². The second-order valence-electron chi connectivity index (χ2n) is 8.93. The minimum atomic E-state index is -0.422. The van der Waals surface area contributed by atoms with Crippen LogP contribution >= 0.6 is 23.1 Å². The Balaban J connectivity index is 1.40. The molecular formula is C27H36N6O3S2. The van der Waals surface area contributed by atoms with Gasteiger partial charge in [-0.2, -0.15) is 0 Å². The molecule has 204 valence electrons. The van der Waals surface area contributed by atoms with Crippen molar-refractivity contribution in [2.75, 3.05) is 48.4 Å². The number of nitrogens with zero attached hydrogens (tertiary/aromatic N) is 4. The highest BCUT2D eigenvalue weighted by Gasteiger charge is 2.15. The third kappa shape index (κ3) is 8.85. The van der Waals surface area contributed by atoms with E-state index in [2.05, 4.69) is 51.7 Å². The molecule has 0 aliphatic carbocycles. The lowest BCUT2D eigenvalue weighted by atomic mass is 10.2. The van der Waals surface area contributed by atoms with Crippen molar-refractivity contribution < 1.29 is 14.3 Å². The van der Waals surface area contributed by atoms with Crippen molar-refractivity contribution in [1.29, 1.82) is 0 Å². The number of amides is 1. The molecule has 3 aromatic rings. The van der Waals surface area contributed by atoms with Crippen LogP contribution in [0, 0.1) is 0 Å². The number of hydrogen-bond donors (Lipinski definition) is 2. The topological polar surface area (TPSA) is 102 Å². The lowest BCUT2D eigenvalue weighted by Gasteiger charge is -2.29. The van der Waals surface area contributed by atoms with Crippen LogP contribution in [0.15, 0.2) is 40.7 Å². The van der Waals surface area contributed by atoms with Gasteiger partial charge in [-0.25, -0.2) is 9.78 Å². The molecule has 0 atom stereocenters. The van der Waals surface area contributed by atoms with Crippen molar-refractivity contribution in [3.63, 3.8) is 0 Å². The number of unbranched alkanes of at least 4 members (excludes halogenated alkanes) is 2. The Morgan fingerprint density at radius 1 is 1.16 bits per heavy atom. The maximum Gasteiger partial charge on any atom is 0.411 e. The number of nitrogens with one attached hydrogen (secondary N) is 2. The van der Waals surface area contributed by atoms with Crippen LogP contribution in [-0.4, -0.2) is 54.2 Å². The Kier molecular flexibility index (Phi) is 11.0. The third-order valence-electron chi connectivity index (χ3n) is 5.96. The third-order valence-corrected chi connectivity index (χ3v) is 8.20. The van der Waals surface area contributed by atoms with Crippen LogP contribution in [0.25, 0.3) is 0 Å². The molecule has 0 spiro atoms. The SMILES string of the molecule is CCCCCOC(=O)Nc1cccc(CNc2cc(N3CCOCC3)cc(CSc3nnc(CC)s3)n2)c1. The molecule has 3 heterocycles. The minimum Gasteiger partial charge on any atom is -0.449 e. The summed E-state index contributed by atoms with van der Waals surface area (Å²) >= 11 is 3.30. The van der Waals surface area contributed by atoms with Crippen LogP contribution in [0.3, 0.4) is 0 Å². The molecule has 0 saturated carbocycles. The first kappa shape index (κ1) is 28.1. The number of rotatable bonds is 13. The minimum absolute atomic E-state index is 0.422. The van der Waals surface area contributed by atoms with E-state index >= 15 is 0 Å². The molecule has 9 nitrogen and oxygen atoms in total. The number of morpholine rings is 1. The fourth-order valence-corrected chi connectivity index (χ4v) is 5.67. The van der Waals surface area contributed by atoms with E-state index in [1.165, 1.54) is 0 Å². The van der Waals surface area contributed by atoms with E-state index in [9.17, 15) is 4.79 Å². The first-order valence-electron chi connectivity index (χ1n) is 13.2. The van der Waals surface area contributed by atoms with Gasteiger partial charge in [-0.3, -0.25) is 5.32 Å². The average Bonchev–Trinajstić information content (AvgIpc) is 3.42. The second-order valence-corrected chi connectivity index (χ2v) is 11.2. The zero-order valence-electron chi connectivity index (χ0n) is 22.1. The van der Waals surface area contributed by atoms with Crippen LogP contribution < -0.4 is 15.5 Å². The summed E-state index contributed by atoms with van der Waals surface area (Å²) in [5.41, 5.74) is 3.86. The molecule has 11 heteroatoms. The predicted molar refractivity (Wildman–Crippen MR) is 154 cm³/mol. The van der Waals surface area contributed by atoms with Crippen LogP contribution in [0.2, 0.25) is 0 Å². The fraction of sp³-hybridized carbons (Fsp3) is 0.481. The molecule has 1 saturated heterocycles. The predicted octanol–water partition coefficient (Wildman–Crippen LogP) is 5.98. The molecule has 38 heavy (non-hydrogen) atoms. The Hall–Kier alpha value is -2.89. The lowest BCUT2D eigenvalue weighted by Crippen LogP contribution is -2.36. The van der Waals surface area contributed by atoms with Gasteiger partial charge in [-0.1, -0.05) is 61.9 Å². The monoisotopic (exact) mass is 556 g/mol. The molecule has 2 aromatic heterocycles. The van der Waals surface area contributed by atoms with E-state index in [0.29, 0.717) is 24.6 Å². The maximum atomic E-state index is 12.1. The van der Waals surface area contributed by atoms with Crippen molar-refractivity contribution >= 4 is 46.4 Å². The molecule has 2 N–H and O–H groups in total. The molecule has 0 radical (unpaired) electrons. The number of anilines is 3. The average molecular weight is 557 g/mol. The number of carbonyl (C=O) groups is 1. The van der Waals surface area contributed by atoms with Crippen molar-refractivity contribution in [1.82, 2.24) is 15.2 Å². The summed E-state index contributed by atoms with van der Waals surface area (Å²) in [5, 5.41) is 15.9. The quantitative estimate of drug-likeness (QED) is 0.195. The highest BCUT2D eigenvalue weighted by atomic mass is 32.2. The zero-order chi connectivity index (χ0) is 26.6. The van der Waals surface area contributed by atoms with E-state index in [0.717, 1.165) is 84.1 Å². The molecule has 1 aliphatic heterocycles. The summed E-state index contributed by atoms with van der Waals surface area (Å²) in [6, 6.07) is 12.0. The highest BCUT2D eigenvalue weighted by molar-refractivity contribution is 8.00. The summed E-state index contributed by atoms with van der Waals surface area (Å²) in [6.45, 7) is 8.38. The van der Waals surface area contributed by atoms with Crippen LogP contribution in [0.5, 0.6) is 0 Å². The number of aromatic nitrogens is 3. The Morgan fingerprint density at radius 2 is 2.03 bits per heavy atom. The Bertz CT molecular complexity index is 1170. The number of pyridine rings is 1. The molecule has 1 aromatic carbocycles. The van der Waals surface area contributed by atoms with Crippen molar-refractivity contribution in [3.05, 3.63) is 52.7 Å². The second kappa shape index (κ2) is 14.9. The Morgan fingerprint density at radius 3 is 2.82 bits per heavy atom. The van der Waals surface area contributed by atoms with E-state index in [-0.39, 0.29) is 0 Å². The number of ether oxygens (including phenoxy) is 2. The van der Waals surface area contributed by atoms with Crippen LogP contribution in [0.4, 0.5) is 22.0 Å². The summed E-state index contributed by atoms with van der Waals surface area (Å²) in [7, 11) is 0. The molecular weight excluding hydrogens is 520 g/mol. The summed E-state index contributed by atoms with van der Waals surface area (Å²) in [6.07, 6.45) is 3.50. The summed E-state index contributed by atoms with van der Waals surface area (Å²) in [4.78, 5) is 19.3. The molecule has 0 unspecified atom stereocenters. The molecule has 1 amide bonds. The van der Waals surface area contributed by atoms with Gasteiger partial charge in [0.1, 0.15) is 10.8 Å². The van der Waals surface area contributed by atoms with Gasteiger partial charge in [0.15, 0.2) is 4.34 Å². The van der Waals surface area contributed by atoms with E-state index in [4.69, 9.17) is 14.5 Å². The van der Waals surface area contributed by atoms with Gasteiger partial charge in [0.2, 0.25) is 0 Å². The van der Waals surface area contributed by atoms with E-state index < -0.39 is 6.09 Å². The van der Waals surface area contributed by atoms with Crippen molar-refractivity contribution in [3.8, 4) is 0 Å². The zero-order valence-corrected chi connectivity index (χ0v) is 23.7. The van der Waals surface area contributed by atoms with Gasteiger partial charge in [0.05, 0.1) is 25.5 Å². The first-order chi connectivity index (χ1) is 18.6. The Labute approximate surface area is 232 Å². The smallest absolute Gasteiger partial charge is 0.411 e. The number of hydrogen-bond acceptors (Lipinski definition) is 10. The van der Waals surface area contributed by atoms with Gasteiger partial charge in [-0.05, 0) is 36.6 Å². The van der Waals surface area contributed by atoms with E-state index in [1.54, 1.807) is 23.1 Å². The normalized spacial score (nSPS) is 13.4. The first-order valence-corrected chi connectivity index (χ1v) is 15.0. The standard InChI is InChI=1S/C27H36N6O3S2/c1-3-5-6-12-36-26(34)30-21-9-7-8-20(15-21)18-28-24-17-23(33-10-13-35-14-11-33)16-22(29-24)19-37-27-32-31-25(4-2)38-27/h7-9,15-17H,3-6,10-14,18-19H2,1-2H3,(H,28,29)(H,30,34). The molecule has 0 bridgehead atoms. The maximum absolute atomic E-state index is 12.1. The number of aryl methyl sites for hydroxylation is 1. The lowest BCUT2D eigenvalue weighted by molar-refractivity contribution is 0.122. The molecule has 1 fully saturated rings. The van der Waals surface area contributed by atoms with Crippen molar-refractivity contribution in [2.24, 2.45) is 0 Å². The van der Waals surface area contributed by atoms with Gasteiger partial charge >= 0.3 is 6.09 Å². The van der Waals surface area contributed by atoms with Gasteiger partial charge < -0.3 is 19.7 Å². The summed E-state index contributed by atoms with van der Waals surface area (Å²) in [5.74, 6) is 1.52. The largest absolute Gasteiger partial charge is 0.449 e. The fourth-order valence-electron chi connectivity index (χ4n) is 3.94. The highest BCUT2D eigenvalue weighted by Crippen LogP contribution is 2.29. The number of benzene rings is 1.